The minimum Gasteiger partial charge on any atom is -0.469 e. The lowest BCUT2D eigenvalue weighted by Crippen LogP contribution is -2.75. The van der Waals surface area contributed by atoms with Crippen molar-refractivity contribution in [2.24, 2.45) is 22.7 Å². The van der Waals surface area contributed by atoms with E-state index >= 15 is 0 Å². The largest absolute Gasteiger partial charge is 0.469 e. The van der Waals surface area contributed by atoms with E-state index in [2.05, 4.69) is 0 Å². The van der Waals surface area contributed by atoms with Crippen molar-refractivity contribution in [3.8, 4) is 0 Å². The first-order valence-electron chi connectivity index (χ1n) is 10.6. The summed E-state index contributed by atoms with van der Waals surface area (Å²) in [5.41, 5.74) is -2.67. The summed E-state index contributed by atoms with van der Waals surface area (Å²) in [5.74, 6) is -1.64. The molecule has 1 N–H and O–H groups in total. The predicted molar refractivity (Wildman–Crippen MR) is 105 cm³/mol. The second-order valence-electron chi connectivity index (χ2n) is 9.88. The molecule has 0 aliphatic heterocycles. The average molecular weight is 418 g/mol. The number of rotatable bonds is 2. The molecule has 7 nitrogen and oxygen atoms in total. The van der Waals surface area contributed by atoms with Crippen LogP contribution in [-0.2, 0) is 30.3 Å². The van der Waals surface area contributed by atoms with Crippen LogP contribution in [0.25, 0.3) is 0 Å². The van der Waals surface area contributed by atoms with Gasteiger partial charge < -0.3 is 19.0 Å². The van der Waals surface area contributed by atoms with Gasteiger partial charge in [-0.05, 0) is 43.1 Å². The maximum absolute atomic E-state index is 13.5. The number of ketones is 1. The zero-order valence-corrected chi connectivity index (χ0v) is 18.2. The monoisotopic (exact) mass is 418 g/mol. The minimum atomic E-state index is -1.56. The smallest absolute Gasteiger partial charge is 0.313 e. The Morgan fingerprint density at radius 3 is 2.60 bits per heavy atom. The maximum atomic E-state index is 13.5. The van der Waals surface area contributed by atoms with Crippen molar-refractivity contribution in [2.45, 2.75) is 71.0 Å². The van der Waals surface area contributed by atoms with Gasteiger partial charge >= 0.3 is 11.9 Å². The summed E-state index contributed by atoms with van der Waals surface area (Å²) >= 11 is 0. The molecule has 1 heterocycles. The van der Waals surface area contributed by atoms with E-state index in [1.54, 1.807) is 19.3 Å². The standard InChI is InChI=1S/C23H30O7/c1-12(24)30-18-10-14-15(11-16-13(7-9-29-16)19(14)20(26)28-5)22(4)17(25)6-8-21(2,3)23(18,22)27/h7,9,14-15,18-19,27H,6,8,10-11H2,1-5H3/t14-,15-,18-,19+,22-,23+/m0/s1. The number of methoxy groups -OCH3 is 1. The molecule has 2 fully saturated rings. The van der Waals surface area contributed by atoms with Gasteiger partial charge in [0, 0.05) is 25.3 Å². The molecular formula is C23H30O7. The van der Waals surface area contributed by atoms with Gasteiger partial charge in [-0.2, -0.15) is 0 Å². The first-order valence-corrected chi connectivity index (χ1v) is 10.6. The second kappa shape index (κ2) is 6.67. The van der Waals surface area contributed by atoms with Crippen LogP contribution >= 0.6 is 0 Å². The lowest BCUT2D eigenvalue weighted by molar-refractivity contribution is -0.276. The van der Waals surface area contributed by atoms with E-state index in [1.807, 2.05) is 13.8 Å². The molecule has 1 aromatic rings. The first-order chi connectivity index (χ1) is 14.0. The quantitative estimate of drug-likeness (QED) is 0.737. The number of hydrogen-bond acceptors (Lipinski definition) is 7. The van der Waals surface area contributed by atoms with Gasteiger partial charge in [-0.15, -0.1) is 0 Å². The zero-order valence-electron chi connectivity index (χ0n) is 18.2. The van der Waals surface area contributed by atoms with Crippen LogP contribution in [-0.4, -0.2) is 41.6 Å². The molecule has 164 valence electrons. The number of carbonyl (C=O) groups excluding carboxylic acids is 3. The molecule has 0 aromatic carbocycles. The predicted octanol–water partition coefficient (Wildman–Crippen LogP) is 2.79. The molecule has 6 atom stereocenters. The third-order valence-electron chi connectivity index (χ3n) is 8.30. The fourth-order valence-electron chi connectivity index (χ4n) is 6.77. The highest BCUT2D eigenvalue weighted by Crippen LogP contribution is 2.66. The molecule has 0 spiro atoms. The van der Waals surface area contributed by atoms with Crippen LogP contribution in [0.5, 0.6) is 0 Å². The number of aliphatic hydroxyl groups is 1. The van der Waals surface area contributed by atoms with Gasteiger partial charge in [-0.3, -0.25) is 14.4 Å². The highest BCUT2D eigenvalue weighted by molar-refractivity contribution is 5.89. The molecule has 0 amide bonds. The molecule has 0 bridgehead atoms. The third-order valence-corrected chi connectivity index (χ3v) is 8.30. The van der Waals surface area contributed by atoms with E-state index in [9.17, 15) is 19.5 Å². The van der Waals surface area contributed by atoms with Crippen molar-refractivity contribution in [3.05, 3.63) is 23.7 Å². The van der Waals surface area contributed by atoms with E-state index < -0.39 is 40.4 Å². The van der Waals surface area contributed by atoms with E-state index in [-0.39, 0.29) is 24.0 Å². The van der Waals surface area contributed by atoms with Crippen molar-refractivity contribution in [1.82, 2.24) is 0 Å². The molecule has 0 radical (unpaired) electrons. The average Bonchev–Trinajstić information content (AvgIpc) is 3.15. The molecule has 0 unspecified atom stereocenters. The van der Waals surface area contributed by atoms with Crippen LogP contribution in [0.2, 0.25) is 0 Å². The van der Waals surface area contributed by atoms with Gasteiger partial charge in [0.2, 0.25) is 0 Å². The summed E-state index contributed by atoms with van der Waals surface area (Å²) in [6.07, 6.45) is 2.18. The summed E-state index contributed by atoms with van der Waals surface area (Å²) in [6.45, 7) is 6.93. The van der Waals surface area contributed by atoms with Crippen LogP contribution in [0.4, 0.5) is 0 Å². The van der Waals surface area contributed by atoms with E-state index in [0.717, 1.165) is 5.56 Å². The highest BCUT2D eigenvalue weighted by Gasteiger charge is 2.74. The normalized spacial score (nSPS) is 39.3. The van der Waals surface area contributed by atoms with Gasteiger partial charge in [-0.1, -0.05) is 13.8 Å². The molecular weight excluding hydrogens is 388 g/mol. The summed E-state index contributed by atoms with van der Waals surface area (Å²) in [5, 5.41) is 12.2. The Morgan fingerprint density at radius 1 is 1.27 bits per heavy atom. The Hall–Kier alpha value is -2.15. The van der Waals surface area contributed by atoms with Crippen molar-refractivity contribution in [3.63, 3.8) is 0 Å². The summed E-state index contributed by atoms with van der Waals surface area (Å²) in [7, 11) is 1.34. The number of carbonyl (C=O) groups is 3. The van der Waals surface area contributed by atoms with Crippen molar-refractivity contribution in [1.29, 1.82) is 0 Å². The second-order valence-corrected chi connectivity index (χ2v) is 9.88. The summed E-state index contributed by atoms with van der Waals surface area (Å²) in [6, 6.07) is 1.77. The fourth-order valence-corrected chi connectivity index (χ4v) is 6.77. The highest BCUT2D eigenvalue weighted by atomic mass is 16.6. The first kappa shape index (κ1) is 21.1. The zero-order chi connectivity index (χ0) is 22.1. The molecule has 3 aliphatic rings. The van der Waals surface area contributed by atoms with Gasteiger partial charge in [0.1, 0.15) is 23.2 Å². The SMILES string of the molecule is COC(=O)[C@@H]1c2ccoc2C[C@H]2[C@@H]1C[C@H](OC(C)=O)[C@@]1(O)C(C)(C)CCC(=O)[C@]21C. The van der Waals surface area contributed by atoms with Crippen LogP contribution in [0.1, 0.15) is 64.2 Å². The Morgan fingerprint density at radius 2 is 1.97 bits per heavy atom. The number of hydrogen-bond donors (Lipinski definition) is 1. The Kier molecular flexibility index (Phi) is 4.69. The van der Waals surface area contributed by atoms with Gasteiger partial charge in [0.05, 0.1) is 24.7 Å². The number of ether oxygens (including phenoxy) is 2. The number of Topliss-reactive ketones (excluding diaryl/α,β-unsaturated/α-hetero) is 1. The van der Waals surface area contributed by atoms with Crippen LogP contribution in [0.15, 0.2) is 16.7 Å². The molecule has 4 rings (SSSR count). The Bertz CT molecular complexity index is 899. The van der Waals surface area contributed by atoms with Crippen LogP contribution in [0.3, 0.4) is 0 Å². The molecule has 2 saturated carbocycles. The lowest BCUT2D eigenvalue weighted by atomic mass is 9.40. The summed E-state index contributed by atoms with van der Waals surface area (Å²) < 4.78 is 16.5. The minimum absolute atomic E-state index is 0.0604. The Labute approximate surface area is 176 Å². The molecule has 0 saturated heterocycles. The number of furan rings is 1. The number of fused-ring (bicyclic) bond motifs is 4. The van der Waals surface area contributed by atoms with E-state index in [0.29, 0.717) is 25.0 Å². The van der Waals surface area contributed by atoms with Gasteiger partial charge in [-0.25, -0.2) is 0 Å². The fraction of sp³-hybridized carbons (Fsp3) is 0.696. The van der Waals surface area contributed by atoms with Crippen LogP contribution in [0, 0.1) is 22.7 Å². The van der Waals surface area contributed by atoms with Crippen molar-refractivity contribution in [2.75, 3.05) is 7.11 Å². The third kappa shape index (κ3) is 2.50. The van der Waals surface area contributed by atoms with E-state index in [1.165, 1.54) is 14.0 Å². The molecule has 30 heavy (non-hydrogen) atoms. The lowest BCUT2D eigenvalue weighted by Gasteiger charge is -2.66. The summed E-state index contributed by atoms with van der Waals surface area (Å²) in [4.78, 5) is 38.3. The van der Waals surface area contributed by atoms with Crippen molar-refractivity contribution < 1.29 is 33.4 Å². The maximum Gasteiger partial charge on any atom is 0.313 e. The van der Waals surface area contributed by atoms with Gasteiger partial charge in [0.15, 0.2) is 0 Å². The van der Waals surface area contributed by atoms with E-state index in [4.69, 9.17) is 13.9 Å². The molecule has 3 aliphatic carbocycles. The molecule has 7 heteroatoms. The van der Waals surface area contributed by atoms with Gasteiger partial charge in [0.25, 0.3) is 0 Å². The van der Waals surface area contributed by atoms with Crippen molar-refractivity contribution >= 4 is 17.7 Å². The number of esters is 2. The molecule has 1 aromatic heterocycles. The topological polar surface area (TPSA) is 103 Å². The van der Waals surface area contributed by atoms with Crippen LogP contribution < -0.4 is 0 Å². The Balaban J connectivity index is 1.94.